The number of pyridine rings is 1. The Balaban J connectivity index is 1.28. The average Bonchev–Trinajstić information content (AvgIpc) is 3.04. The topological polar surface area (TPSA) is 68.2 Å². The number of aromatic nitrogens is 3. The van der Waals surface area contributed by atoms with Crippen molar-refractivity contribution >= 4 is 17.7 Å². The molecule has 2 saturated heterocycles. The van der Waals surface area contributed by atoms with E-state index in [1.807, 2.05) is 35.0 Å². The minimum atomic E-state index is -0.0819. The highest BCUT2D eigenvalue weighted by molar-refractivity contribution is 8.01. The number of nitrogens with zero attached hydrogens (tertiary/aromatic N) is 4. The van der Waals surface area contributed by atoms with Gasteiger partial charge in [-0.1, -0.05) is 6.07 Å². The fourth-order valence-corrected chi connectivity index (χ4v) is 4.72. The van der Waals surface area contributed by atoms with E-state index in [1.165, 1.54) is 0 Å². The summed E-state index contributed by atoms with van der Waals surface area (Å²) in [7, 11) is 0. The zero-order valence-electron chi connectivity index (χ0n) is 13.2. The summed E-state index contributed by atoms with van der Waals surface area (Å²) < 4.78 is 6.15. The molecule has 0 saturated carbocycles. The van der Waals surface area contributed by atoms with E-state index in [0.29, 0.717) is 6.61 Å². The monoisotopic (exact) mass is 342 g/mol. The molecule has 7 heteroatoms. The van der Waals surface area contributed by atoms with Crippen LogP contribution in [0.5, 0.6) is 0 Å². The molecular weight excluding hydrogens is 324 g/mol. The number of thioether (sulfide) groups is 1. The quantitative estimate of drug-likeness (QED) is 0.844. The second kappa shape index (κ2) is 6.49. The Morgan fingerprint density at radius 1 is 1.29 bits per heavy atom. The Kier molecular flexibility index (Phi) is 4.20. The van der Waals surface area contributed by atoms with Gasteiger partial charge in [0.15, 0.2) is 0 Å². The number of carbonyl (C=O) groups is 1. The summed E-state index contributed by atoms with van der Waals surface area (Å²) in [6, 6.07) is 5.66. The molecule has 0 bridgehead atoms. The molecular formula is C17H18N4O2S. The standard InChI is InChI=1S/C17H18N4O2S/c22-16(15-19-5-2-6-20-15)21-11-17(12-21)7-14(10-24-17)23-9-13-3-1-4-18-8-13/h1-6,8,14H,7,9-12H2/t14-/m1/s1. The van der Waals surface area contributed by atoms with E-state index in [1.54, 1.807) is 24.7 Å². The van der Waals surface area contributed by atoms with Gasteiger partial charge in [-0.25, -0.2) is 9.97 Å². The van der Waals surface area contributed by atoms with Crippen molar-refractivity contribution in [1.29, 1.82) is 0 Å². The Hall–Kier alpha value is -1.99. The van der Waals surface area contributed by atoms with Crippen LogP contribution < -0.4 is 0 Å². The highest BCUT2D eigenvalue weighted by Gasteiger charge is 2.51. The van der Waals surface area contributed by atoms with E-state index >= 15 is 0 Å². The van der Waals surface area contributed by atoms with E-state index in [0.717, 1.165) is 30.8 Å². The van der Waals surface area contributed by atoms with E-state index < -0.39 is 0 Å². The molecule has 24 heavy (non-hydrogen) atoms. The molecule has 2 aromatic rings. The predicted molar refractivity (Wildman–Crippen MR) is 90.6 cm³/mol. The SMILES string of the molecule is O=C(c1ncccn1)N1CC2(C[C@@H](OCc3cccnc3)CS2)C1. The normalized spacial score (nSPS) is 21.7. The summed E-state index contributed by atoms with van der Waals surface area (Å²) in [4.78, 5) is 26.3. The van der Waals surface area contributed by atoms with Gasteiger partial charge in [-0.15, -0.1) is 11.8 Å². The third-order valence-corrected chi connectivity index (χ3v) is 5.96. The van der Waals surface area contributed by atoms with Gasteiger partial charge in [0.25, 0.3) is 5.91 Å². The van der Waals surface area contributed by atoms with Crippen LogP contribution in [0.4, 0.5) is 0 Å². The molecule has 1 atom stereocenters. The third-order valence-electron chi connectivity index (χ3n) is 4.39. The number of likely N-dealkylation sites (tertiary alicyclic amines) is 1. The first kappa shape index (κ1) is 15.5. The molecule has 0 radical (unpaired) electrons. The molecule has 2 aliphatic rings. The van der Waals surface area contributed by atoms with Gasteiger partial charge >= 0.3 is 0 Å². The van der Waals surface area contributed by atoms with Crippen LogP contribution in [-0.4, -0.2) is 55.5 Å². The van der Waals surface area contributed by atoms with Gasteiger partial charge < -0.3 is 9.64 Å². The molecule has 0 unspecified atom stereocenters. The van der Waals surface area contributed by atoms with Crippen LogP contribution in [0.15, 0.2) is 43.0 Å². The Morgan fingerprint density at radius 2 is 2.12 bits per heavy atom. The van der Waals surface area contributed by atoms with E-state index in [9.17, 15) is 4.79 Å². The predicted octanol–water partition coefficient (Wildman–Crippen LogP) is 1.79. The van der Waals surface area contributed by atoms with Crippen molar-refractivity contribution in [3.63, 3.8) is 0 Å². The van der Waals surface area contributed by atoms with Crippen molar-refractivity contribution in [3.8, 4) is 0 Å². The third kappa shape index (κ3) is 3.14. The van der Waals surface area contributed by atoms with Crippen LogP contribution >= 0.6 is 11.8 Å². The molecule has 0 N–H and O–H groups in total. The molecule has 2 aromatic heterocycles. The number of hydrogen-bond donors (Lipinski definition) is 0. The van der Waals surface area contributed by atoms with Crippen LogP contribution in [0.1, 0.15) is 22.6 Å². The summed E-state index contributed by atoms with van der Waals surface area (Å²) in [6.07, 6.45) is 8.02. The fraction of sp³-hybridized carbons (Fsp3) is 0.412. The summed E-state index contributed by atoms with van der Waals surface area (Å²) >= 11 is 1.92. The van der Waals surface area contributed by atoms with Crippen LogP contribution in [0.25, 0.3) is 0 Å². The van der Waals surface area contributed by atoms with Gasteiger partial charge in [0.05, 0.1) is 17.5 Å². The van der Waals surface area contributed by atoms with Crippen LogP contribution in [0.3, 0.4) is 0 Å². The molecule has 4 rings (SSSR count). The smallest absolute Gasteiger partial charge is 0.291 e. The average molecular weight is 342 g/mol. The lowest BCUT2D eigenvalue weighted by Gasteiger charge is -2.47. The van der Waals surface area contributed by atoms with Gasteiger partial charge in [0, 0.05) is 43.6 Å². The maximum atomic E-state index is 12.3. The Labute approximate surface area is 144 Å². The molecule has 0 aliphatic carbocycles. The van der Waals surface area contributed by atoms with Crippen LogP contribution in [0.2, 0.25) is 0 Å². The minimum absolute atomic E-state index is 0.0819. The first-order valence-corrected chi connectivity index (χ1v) is 8.93. The molecule has 124 valence electrons. The van der Waals surface area contributed by atoms with Gasteiger partial charge in [-0.05, 0) is 24.1 Å². The maximum absolute atomic E-state index is 12.3. The highest BCUT2D eigenvalue weighted by atomic mass is 32.2. The van der Waals surface area contributed by atoms with Crippen molar-refractivity contribution in [1.82, 2.24) is 19.9 Å². The van der Waals surface area contributed by atoms with Crippen molar-refractivity contribution in [2.45, 2.75) is 23.9 Å². The van der Waals surface area contributed by atoms with E-state index in [-0.39, 0.29) is 22.6 Å². The summed E-state index contributed by atoms with van der Waals surface area (Å²) in [5, 5.41) is 0. The van der Waals surface area contributed by atoms with E-state index in [2.05, 4.69) is 15.0 Å². The molecule has 4 heterocycles. The van der Waals surface area contributed by atoms with Crippen LogP contribution in [-0.2, 0) is 11.3 Å². The lowest BCUT2D eigenvalue weighted by Crippen LogP contribution is -2.61. The van der Waals surface area contributed by atoms with Crippen molar-refractivity contribution in [2.24, 2.45) is 0 Å². The van der Waals surface area contributed by atoms with Gasteiger partial charge in [-0.2, -0.15) is 0 Å². The number of rotatable bonds is 4. The number of ether oxygens (including phenoxy) is 1. The van der Waals surface area contributed by atoms with Crippen LogP contribution in [0, 0.1) is 0 Å². The molecule has 2 aliphatic heterocycles. The Morgan fingerprint density at radius 3 is 2.88 bits per heavy atom. The first-order valence-electron chi connectivity index (χ1n) is 7.95. The minimum Gasteiger partial charge on any atom is -0.373 e. The van der Waals surface area contributed by atoms with E-state index in [4.69, 9.17) is 4.74 Å². The van der Waals surface area contributed by atoms with Crippen molar-refractivity contribution < 1.29 is 9.53 Å². The van der Waals surface area contributed by atoms with Crippen molar-refractivity contribution in [3.05, 3.63) is 54.4 Å². The first-order chi connectivity index (χ1) is 11.7. The molecule has 0 aromatic carbocycles. The zero-order chi connectivity index (χ0) is 16.4. The maximum Gasteiger partial charge on any atom is 0.291 e. The number of hydrogen-bond acceptors (Lipinski definition) is 6. The lowest BCUT2D eigenvalue weighted by molar-refractivity contribution is 0.0250. The summed E-state index contributed by atoms with van der Waals surface area (Å²) in [5.41, 5.74) is 1.09. The van der Waals surface area contributed by atoms with Crippen molar-refractivity contribution in [2.75, 3.05) is 18.8 Å². The number of amides is 1. The second-order valence-electron chi connectivity index (χ2n) is 6.23. The largest absolute Gasteiger partial charge is 0.373 e. The fourth-order valence-electron chi connectivity index (χ4n) is 3.17. The molecule has 1 amide bonds. The molecule has 6 nitrogen and oxygen atoms in total. The molecule has 1 spiro atoms. The highest BCUT2D eigenvalue weighted by Crippen LogP contribution is 2.46. The Bertz CT molecular complexity index is 707. The summed E-state index contributed by atoms with van der Waals surface area (Å²) in [5.74, 6) is 1.17. The summed E-state index contributed by atoms with van der Waals surface area (Å²) in [6.45, 7) is 2.10. The van der Waals surface area contributed by atoms with Gasteiger partial charge in [0.2, 0.25) is 5.82 Å². The number of carbonyl (C=O) groups excluding carboxylic acids is 1. The zero-order valence-corrected chi connectivity index (χ0v) is 14.0. The molecule has 2 fully saturated rings. The lowest BCUT2D eigenvalue weighted by atomic mass is 9.93. The van der Waals surface area contributed by atoms with Gasteiger partial charge in [0.1, 0.15) is 0 Å². The second-order valence-corrected chi connectivity index (χ2v) is 7.71. The van der Waals surface area contributed by atoms with Gasteiger partial charge in [-0.3, -0.25) is 9.78 Å².